The second-order valence-corrected chi connectivity index (χ2v) is 7.24. The number of nitrogens with two attached hydrogens (primary N) is 1. The van der Waals surface area contributed by atoms with Crippen molar-refractivity contribution in [3.63, 3.8) is 0 Å². The zero-order chi connectivity index (χ0) is 17.1. The number of benzene rings is 1. The average Bonchev–Trinajstić information content (AvgIpc) is 2.89. The van der Waals surface area contributed by atoms with E-state index in [1.807, 2.05) is 0 Å². The molecule has 2 aromatic rings. The molecule has 4 nitrogen and oxygen atoms in total. The fourth-order valence-corrected chi connectivity index (χ4v) is 3.96. The van der Waals surface area contributed by atoms with Crippen LogP contribution in [0.3, 0.4) is 0 Å². The van der Waals surface area contributed by atoms with Gasteiger partial charge in [0.2, 0.25) is 0 Å². The van der Waals surface area contributed by atoms with Crippen LogP contribution in [0.15, 0.2) is 18.2 Å². The molecular formula is C20H31N2O2+. The van der Waals surface area contributed by atoms with Crippen molar-refractivity contribution in [2.45, 2.75) is 64.6 Å². The summed E-state index contributed by atoms with van der Waals surface area (Å²) >= 11 is 0. The first-order valence-corrected chi connectivity index (χ1v) is 9.36. The highest BCUT2D eigenvalue weighted by Gasteiger charge is 2.22. The van der Waals surface area contributed by atoms with E-state index in [1.54, 1.807) is 0 Å². The molecule has 0 unspecified atom stereocenters. The summed E-state index contributed by atoms with van der Waals surface area (Å²) < 4.78 is 2.35. The fourth-order valence-electron chi connectivity index (χ4n) is 3.96. The maximum absolute atomic E-state index is 10.5. The summed E-state index contributed by atoms with van der Waals surface area (Å²) in [4.78, 5) is 0. The molecule has 1 aliphatic rings. The van der Waals surface area contributed by atoms with Gasteiger partial charge in [-0.3, -0.25) is 0 Å². The van der Waals surface area contributed by atoms with E-state index < -0.39 is 6.10 Å². The van der Waals surface area contributed by atoms with Crippen molar-refractivity contribution in [3.8, 4) is 0 Å². The van der Waals surface area contributed by atoms with Gasteiger partial charge >= 0.3 is 0 Å². The molecule has 132 valence electrons. The Morgan fingerprint density at radius 1 is 1.25 bits per heavy atom. The Bertz CT molecular complexity index is 688. The number of nitrogens with zero attached hydrogens (tertiary/aromatic N) is 1. The summed E-state index contributed by atoms with van der Waals surface area (Å²) in [5.74, 6) is 0. The smallest absolute Gasteiger partial charge is 0.121 e. The largest absolute Gasteiger partial charge is 0.390 e. The second kappa shape index (κ2) is 7.68. The van der Waals surface area contributed by atoms with Gasteiger partial charge < -0.3 is 20.1 Å². The SMILES string of the molecule is CC[C@H](CO)[NH2+]C[C@H](O)Cn1c2c(c3cc(C)ccc31)CCCC2. The zero-order valence-electron chi connectivity index (χ0n) is 15.0. The molecule has 3 rings (SSSR count). The van der Waals surface area contributed by atoms with E-state index in [1.165, 1.54) is 40.6 Å². The fraction of sp³-hybridized carbons (Fsp3) is 0.600. The van der Waals surface area contributed by atoms with Crippen LogP contribution in [-0.4, -0.2) is 40.1 Å². The highest BCUT2D eigenvalue weighted by Crippen LogP contribution is 2.32. The lowest BCUT2D eigenvalue weighted by molar-refractivity contribution is -0.696. The number of hydrogen-bond acceptors (Lipinski definition) is 2. The second-order valence-electron chi connectivity index (χ2n) is 7.24. The molecule has 0 radical (unpaired) electrons. The van der Waals surface area contributed by atoms with Crippen LogP contribution >= 0.6 is 0 Å². The quantitative estimate of drug-likeness (QED) is 0.720. The lowest BCUT2D eigenvalue weighted by atomic mass is 9.95. The number of aryl methyl sites for hydroxylation is 2. The van der Waals surface area contributed by atoms with E-state index in [-0.39, 0.29) is 12.6 Å². The number of hydrogen-bond donors (Lipinski definition) is 3. The minimum absolute atomic E-state index is 0.171. The molecule has 0 spiro atoms. The predicted molar refractivity (Wildman–Crippen MR) is 97.3 cm³/mol. The van der Waals surface area contributed by atoms with Crippen molar-refractivity contribution >= 4 is 10.9 Å². The molecular weight excluding hydrogens is 300 g/mol. The number of aliphatic hydroxyl groups excluding tert-OH is 2. The van der Waals surface area contributed by atoms with E-state index in [0.29, 0.717) is 13.1 Å². The molecule has 1 aliphatic carbocycles. The maximum Gasteiger partial charge on any atom is 0.121 e. The zero-order valence-corrected chi connectivity index (χ0v) is 15.0. The van der Waals surface area contributed by atoms with Crippen LogP contribution in [-0.2, 0) is 19.4 Å². The Balaban J connectivity index is 1.83. The summed E-state index contributed by atoms with van der Waals surface area (Å²) in [5, 5.41) is 23.3. The number of aromatic nitrogens is 1. The maximum atomic E-state index is 10.5. The van der Waals surface area contributed by atoms with Gasteiger partial charge in [-0.15, -0.1) is 0 Å². The molecule has 24 heavy (non-hydrogen) atoms. The van der Waals surface area contributed by atoms with Gasteiger partial charge in [0.15, 0.2) is 0 Å². The van der Waals surface area contributed by atoms with E-state index in [9.17, 15) is 10.2 Å². The molecule has 0 saturated heterocycles. The molecule has 4 heteroatoms. The monoisotopic (exact) mass is 331 g/mol. The lowest BCUT2D eigenvalue weighted by Gasteiger charge is -2.19. The van der Waals surface area contributed by atoms with Crippen LogP contribution in [0, 0.1) is 6.92 Å². The van der Waals surface area contributed by atoms with Crippen molar-refractivity contribution in [3.05, 3.63) is 35.0 Å². The normalized spacial score (nSPS) is 17.0. The van der Waals surface area contributed by atoms with Gasteiger partial charge in [0.05, 0.1) is 13.2 Å². The summed E-state index contributed by atoms with van der Waals surface area (Å²) in [6, 6.07) is 6.87. The van der Waals surface area contributed by atoms with Crippen molar-refractivity contribution < 1.29 is 15.5 Å². The highest BCUT2D eigenvalue weighted by molar-refractivity contribution is 5.86. The molecule has 0 aliphatic heterocycles. The Morgan fingerprint density at radius 3 is 2.79 bits per heavy atom. The minimum Gasteiger partial charge on any atom is -0.390 e. The molecule has 1 heterocycles. The Kier molecular flexibility index (Phi) is 5.59. The van der Waals surface area contributed by atoms with Crippen molar-refractivity contribution in [2.75, 3.05) is 13.2 Å². The number of fused-ring (bicyclic) bond motifs is 3. The van der Waals surface area contributed by atoms with Crippen molar-refractivity contribution in [2.24, 2.45) is 0 Å². The predicted octanol–water partition coefficient (Wildman–Crippen LogP) is 1.52. The summed E-state index contributed by atoms with van der Waals surface area (Å²) in [6.07, 6.45) is 5.32. The summed E-state index contributed by atoms with van der Waals surface area (Å²) in [7, 11) is 0. The van der Waals surface area contributed by atoms with Crippen LogP contribution in [0.4, 0.5) is 0 Å². The van der Waals surface area contributed by atoms with Crippen LogP contribution in [0.25, 0.3) is 10.9 Å². The molecule has 1 aromatic carbocycles. The van der Waals surface area contributed by atoms with Crippen LogP contribution in [0.5, 0.6) is 0 Å². The third kappa shape index (κ3) is 3.51. The Labute approximate surface area is 144 Å². The van der Waals surface area contributed by atoms with Crippen LogP contribution in [0.1, 0.15) is 43.0 Å². The van der Waals surface area contributed by atoms with E-state index in [2.05, 4.69) is 41.9 Å². The Morgan fingerprint density at radius 2 is 2.04 bits per heavy atom. The van der Waals surface area contributed by atoms with Gasteiger partial charge in [-0.05, 0) is 56.7 Å². The molecule has 0 saturated carbocycles. The number of aliphatic hydroxyl groups is 2. The van der Waals surface area contributed by atoms with Gasteiger partial charge in [0.1, 0.15) is 18.7 Å². The van der Waals surface area contributed by atoms with Gasteiger partial charge in [-0.2, -0.15) is 0 Å². The first-order valence-electron chi connectivity index (χ1n) is 9.36. The van der Waals surface area contributed by atoms with E-state index in [4.69, 9.17) is 0 Å². The highest BCUT2D eigenvalue weighted by atomic mass is 16.3. The van der Waals surface area contributed by atoms with E-state index in [0.717, 1.165) is 19.3 Å². The topological polar surface area (TPSA) is 62.0 Å². The molecule has 1 aromatic heterocycles. The molecule has 4 N–H and O–H groups in total. The van der Waals surface area contributed by atoms with Crippen LogP contribution < -0.4 is 5.32 Å². The van der Waals surface area contributed by atoms with E-state index >= 15 is 0 Å². The third-order valence-electron chi connectivity index (χ3n) is 5.43. The molecule has 2 atom stereocenters. The molecule has 0 fully saturated rings. The van der Waals surface area contributed by atoms with Gasteiger partial charge in [-0.1, -0.05) is 18.6 Å². The number of quaternary nitrogens is 1. The Hall–Kier alpha value is -1.36. The van der Waals surface area contributed by atoms with Crippen LogP contribution in [0.2, 0.25) is 0 Å². The third-order valence-corrected chi connectivity index (χ3v) is 5.43. The van der Waals surface area contributed by atoms with Gasteiger partial charge in [0.25, 0.3) is 0 Å². The van der Waals surface area contributed by atoms with Crippen molar-refractivity contribution in [1.29, 1.82) is 0 Å². The van der Waals surface area contributed by atoms with Gasteiger partial charge in [-0.25, -0.2) is 0 Å². The minimum atomic E-state index is -0.395. The van der Waals surface area contributed by atoms with Gasteiger partial charge in [0, 0.05) is 16.6 Å². The standard InChI is InChI=1S/C20H30N2O2/c1-3-15(13-23)21-11-16(24)12-22-19-7-5-4-6-17(19)18-10-14(2)8-9-20(18)22/h8-10,15-16,21,23-24H,3-7,11-13H2,1-2H3/p+1/t15-,16+/m1/s1. The first kappa shape index (κ1) is 17.5. The number of rotatable bonds is 7. The van der Waals surface area contributed by atoms with Crippen molar-refractivity contribution in [1.82, 2.24) is 4.57 Å². The average molecular weight is 331 g/mol. The lowest BCUT2D eigenvalue weighted by Crippen LogP contribution is -2.92. The summed E-state index contributed by atoms with van der Waals surface area (Å²) in [5.41, 5.74) is 5.49. The first-order chi connectivity index (χ1) is 11.6. The molecule has 0 bridgehead atoms. The molecule has 0 amide bonds. The summed E-state index contributed by atoms with van der Waals surface area (Å²) in [6.45, 7) is 5.68.